The molecule has 2 N–H and O–H groups in total. The van der Waals surface area contributed by atoms with Crippen LogP contribution in [0.5, 0.6) is 0 Å². The van der Waals surface area contributed by atoms with Crippen LogP contribution < -0.4 is 5.32 Å². The minimum Gasteiger partial charge on any atom is -0.480 e. The number of hydrogen-bond donors (Lipinski definition) is 2. The molecule has 4 rings (SSSR count). The minimum absolute atomic E-state index is 0.0256. The average Bonchev–Trinajstić information content (AvgIpc) is 3.40. The Balaban J connectivity index is 1.47. The van der Waals surface area contributed by atoms with Crippen LogP contribution in [0.25, 0.3) is 11.1 Å². The van der Waals surface area contributed by atoms with Crippen LogP contribution in [-0.2, 0) is 9.53 Å². The van der Waals surface area contributed by atoms with Crippen LogP contribution in [0.3, 0.4) is 0 Å². The smallest absolute Gasteiger partial charge is 0.407 e. The summed E-state index contributed by atoms with van der Waals surface area (Å²) < 4.78 is 5.38. The zero-order chi connectivity index (χ0) is 17.4. The van der Waals surface area contributed by atoms with Crippen LogP contribution in [0.2, 0.25) is 0 Å². The molecule has 2 aliphatic rings. The second-order valence-electron chi connectivity index (χ2n) is 6.62. The second-order valence-corrected chi connectivity index (χ2v) is 6.62. The standard InChI is InChI=1S/C20H19NO4/c22-19(23)18(12-9-10-12)21-20(24)25-11-17-15-7-3-1-5-13(15)14-6-2-4-8-16(14)17/h1-8,12,17-18H,9-11H2,(H,21,24)(H,22,23)/t18-/m1/s1. The lowest BCUT2D eigenvalue weighted by Gasteiger charge is -2.17. The molecule has 1 fully saturated rings. The van der Waals surface area contributed by atoms with Gasteiger partial charge in [0.1, 0.15) is 12.6 Å². The van der Waals surface area contributed by atoms with Crippen molar-refractivity contribution in [1.82, 2.24) is 5.32 Å². The van der Waals surface area contributed by atoms with Gasteiger partial charge in [0.25, 0.3) is 0 Å². The number of carboxylic acids is 1. The van der Waals surface area contributed by atoms with E-state index in [-0.39, 0.29) is 18.4 Å². The number of carboxylic acid groups (broad SMARTS) is 1. The second kappa shape index (κ2) is 6.24. The van der Waals surface area contributed by atoms with Crippen LogP contribution >= 0.6 is 0 Å². The molecule has 0 unspecified atom stereocenters. The van der Waals surface area contributed by atoms with Gasteiger partial charge in [-0.15, -0.1) is 0 Å². The highest BCUT2D eigenvalue weighted by Gasteiger charge is 2.38. The van der Waals surface area contributed by atoms with E-state index in [0.29, 0.717) is 0 Å². The fourth-order valence-corrected chi connectivity index (χ4v) is 3.58. The lowest BCUT2D eigenvalue weighted by Crippen LogP contribution is -2.42. The van der Waals surface area contributed by atoms with Gasteiger partial charge in [0.15, 0.2) is 0 Å². The van der Waals surface area contributed by atoms with Crippen molar-refractivity contribution in [1.29, 1.82) is 0 Å². The van der Waals surface area contributed by atoms with Crippen molar-refractivity contribution in [3.63, 3.8) is 0 Å². The number of carbonyl (C=O) groups excluding carboxylic acids is 1. The molecule has 1 saturated carbocycles. The number of rotatable bonds is 5. The number of amides is 1. The van der Waals surface area contributed by atoms with E-state index in [4.69, 9.17) is 4.74 Å². The predicted molar refractivity (Wildman–Crippen MR) is 92.4 cm³/mol. The molecule has 0 radical (unpaired) electrons. The summed E-state index contributed by atoms with van der Waals surface area (Å²) in [5.74, 6) is -1.00. The molecule has 2 aromatic rings. The molecule has 0 aliphatic heterocycles. The number of nitrogens with one attached hydrogen (secondary N) is 1. The maximum Gasteiger partial charge on any atom is 0.407 e. The maximum atomic E-state index is 12.1. The molecule has 2 aliphatic carbocycles. The third-order valence-corrected chi connectivity index (χ3v) is 4.98. The van der Waals surface area contributed by atoms with E-state index < -0.39 is 18.1 Å². The fraction of sp³-hybridized carbons (Fsp3) is 0.300. The summed E-state index contributed by atoms with van der Waals surface area (Å²) in [7, 11) is 0. The Labute approximate surface area is 145 Å². The summed E-state index contributed by atoms with van der Waals surface area (Å²) >= 11 is 0. The monoisotopic (exact) mass is 337 g/mol. The Morgan fingerprint density at radius 3 is 2.12 bits per heavy atom. The van der Waals surface area contributed by atoms with Crippen molar-refractivity contribution in [3.8, 4) is 11.1 Å². The first kappa shape index (κ1) is 15.7. The van der Waals surface area contributed by atoms with Crippen LogP contribution in [0.1, 0.15) is 29.9 Å². The molecule has 128 valence electrons. The Bertz CT molecular complexity index is 782. The number of fused-ring (bicyclic) bond motifs is 3. The zero-order valence-electron chi connectivity index (χ0n) is 13.6. The number of alkyl carbamates (subject to hydrolysis) is 1. The largest absolute Gasteiger partial charge is 0.480 e. The fourth-order valence-electron chi connectivity index (χ4n) is 3.58. The van der Waals surface area contributed by atoms with E-state index >= 15 is 0 Å². The zero-order valence-corrected chi connectivity index (χ0v) is 13.6. The molecule has 1 atom stereocenters. The number of hydrogen-bond acceptors (Lipinski definition) is 3. The highest BCUT2D eigenvalue weighted by molar-refractivity contribution is 5.81. The molecule has 0 saturated heterocycles. The third-order valence-electron chi connectivity index (χ3n) is 4.98. The molecule has 1 amide bonds. The number of ether oxygens (including phenoxy) is 1. The lowest BCUT2D eigenvalue weighted by molar-refractivity contribution is -0.139. The topological polar surface area (TPSA) is 75.6 Å². The molecule has 5 nitrogen and oxygen atoms in total. The molecular formula is C20H19NO4. The van der Waals surface area contributed by atoms with Gasteiger partial charge in [-0.1, -0.05) is 48.5 Å². The SMILES string of the molecule is O=C(N[C@@H](C(=O)O)C1CC1)OCC1c2ccccc2-c2ccccc21. The quantitative estimate of drug-likeness (QED) is 0.877. The summed E-state index contributed by atoms with van der Waals surface area (Å²) in [6.45, 7) is 0.191. The molecule has 0 heterocycles. The predicted octanol–water partition coefficient (Wildman–Crippen LogP) is 3.39. The highest BCUT2D eigenvalue weighted by Crippen LogP contribution is 2.44. The number of carbonyl (C=O) groups is 2. The van der Waals surface area contributed by atoms with Crippen molar-refractivity contribution < 1.29 is 19.4 Å². The van der Waals surface area contributed by atoms with Gasteiger partial charge in [-0.3, -0.25) is 0 Å². The van der Waals surface area contributed by atoms with Crippen LogP contribution in [0.15, 0.2) is 48.5 Å². The first-order valence-electron chi connectivity index (χ1n) is 8.49. The molecule has 5 heteroatoms. The van der Waals surface area contributed by atoms with Crippen LogP contribution in [-0.4, -0.2) is 29.8 Å². The molecular weight excluding hydrogens is 318 g/mol. The normalized spacial score (nSPS) is 16.6. The van der Waals surface area contributed by atoms with Crippen LogP contribution in [0.4, 0.5) is 4.79 Å². The van der Waals surface area contributed by atoms with Crippen molar-refractivity contribution in [2.75, 3.05) is 6.61 Å². The Hall–Kier alpha value is -2.82. The van der Waals surface area contributed by atoms with Crippen molar-refractivity contribution in [2.24, 2.45) is 5.92 Å². The van der Waals surface area contributed by atoms with E-state index in [9.17, 15) is 14.7 Å². The first-order valence-corrected chi connectivity index (χ1v) is 8.49. The highest BCUT2D eigenvalue weighted by atomic mass is 16.5. The number of benzene rings is 2. The summed E-state index contributed by atoms with van der Waals surface area (Å²) in [5, 5.41) is 11.7. The molecule has 2 aromatic carbocycles. The van der Waals surface area contributed by atoms with E-state index in [1.54, 1.807) is 0 Å². The van der Waals surface area contributed by atoms with E-state index in [2.05, 4.69) is 17.4 Å². The van der Waals surface area contributed by atoms with Gasteiger partial charge in [0.05, 0.1) is 0 Å². The summed E-state index contributed by atoms with van der Waals surface area (Å²) in [6, 6.07) is 15.3. The van der Waals surface area contributed by atoms with Gasteiger partial charge >= 0.3 is 12.1 Å². The van der Waals surface area contributed by atoms with Gasteiger partial charge in [0.2, 0.25) is 0 Å². The van der Waals surface area contributed by atoms with Gasteiger partial charge < -0.3 is 15.2 Å². The molecule has 0 aromatic heterocycles. The summed E-state index contributed by atoms with van der Waals surface area (Å²) in [4.78, 5) is 23.3. The first-order chi connectivity index (χ1) is 12.1. The van der Waals surface area contributed by atoms with Crippen LogP contribution in [0, 0.1) is 5.92 Å². The average molecular weight is 337 g/mol. The Morgan fingerprint density at radius 1 is 1.04 bits per heavy atom. The third kappa shape index (κ3) is 2.97. The van der Waals surface area contributed by atoms with Gasteiger partial charge in [-0.05, 0) is 41.0 Å². The Morgan fingerprint density at radius 2 is 1.60 bits per heavy atom. The van der Waals surface area contributed by atoms with Gasteiger partial charge in [-0.2, -0.15) is 0 Å². The van der Waals surface area contributed by atoms with Gasteiger partial charge in [0, 0.05) is 5.92 Å². The lowest BCUT2D eigenvalue weighted by atomic mass is 9.98. The van der Waals surface area contributed by atoms with Gasteiger partial charge in [-0.25, -0.2) is 9.59 Å². The maximum absolute atomic E-state index is 12.1. The Kier molecular flexibility index (Phi) is 3.92. The van der Waals surface area contributed by atoms with E-state index in [1.807, 2.05) is 36.4 Å². The minimum atomic E-state index is -1.00. The summed E-state index contributed by atoms with van der Waals surface area (Å²) in [6.07, 6.45) is 1.00. The number of aliphatic carboxylic acids is 1. The molecule has 0 bridgehead atoms. The summed E-state index contributed by atoms with van der Waals surface area (Å²) in [5.41, 5.74) is 4.59. The molecule has 0 spiro atoms. The van der Waals surface area contributed by atoms with E-state index in [1.165, 1.54) is 0 Å². The van der Waals surface area contributed by atoms with Crippen molar-refractivity contribution >= 4 is 12.1 Å². The van der Waals surface area contributed by atoms with E-state index in [0.717, 1.165) is 35.1 Å². The van der Waals surface area contributed by atoms with Crippen molar-refractivity contribution in [2.45, 2.75) is 24.8 Å². The van der Waals surface area contributed by atoms with Crippen molar-refractivity contribution in [3.05, 3.63) is 59.7 Å². The molecule has 25 heavy (non-hydrogen) atoms.